The summed E-state index contributed by atoms with van der Waals surface area (Å²) in [6, 6.07) is 10.6. The van der Waals surface area contributed by atoms with Crippen LogP contribution in [0.5, 0.6) is 0 Å². The van der Waals surface area contributed by atoms with Crippen molar-refractivity contribution in [3.63, 3.8) is 0 Å². The Bertz CT molecular complexity index is 463. The molecule has 2 heterocycles. The number of piperidine rings is 1. The summed E-state index contributed by atoms with van der Waals surface area (Å²) in [5.41, 5.74) is 2.16. The molecular formula is C17H24N2O2. The Morgan fingerprint density at radius 2 is 1.67 bits per heavy atom. The maximum atomic E-state index is 5.74. The second-order valence-electron chi connectivity index (χ2n) is 4.91. The van der Waals surface area contributed by atoms with E-state index in [1.807, 2.05) is 26.0 Å². The van der Waals surface area contributed by atoms with E-state index in [4.69, 9.17) is 15.9 Å². The van der Waals surface area contributed by atoms with Crippen molar-refractivity contribution in [3.8, 4) is 12.5 Å². The van der Waals surface area contributed by atoms with Crippen molar-refractivity contribution < 1.29 is 9.47 Å². The smallest absolute Gasteiger partial charge is 0.171 e. The molecule has 3 rings (SSSR count). The van der Waals surface area contributed by atoms with Gasteiger partial charge in [-0.2, -0.15) is 0 Å². The maximum Gasteiger partial charge on any atom is 0.171 e. The summed E-state index contributed by atoms with van der Waals surface area (Å²) in [7, 11) is 0. The van der Waals surface area contributed by atoms with Gasteiger partial charge in [-0.25, -0.2) is 0 Å². The molecule has 1 aromatic carbocycles. The molecule has 0 aliphatic carbocycles. The van der Waals surface area contributed by atoms with E-state index in [1.54, 1.807) is 0 Å². The Balaban J connectivity index is 0.000000774. The number of hydrogen-bond acceptors (Lipinski definition) is 4. The highest BCUT2D eigenvalue weighted by Crippen LogP contribution is 2.33. The van der Waals surface area contributed by atoms with Crippen LogP contribution >= 0.6 is 0 Å². The molecule has 0 amide bonds. The molecule has 0 bridgehead atoms. The molecular weight excluding hydrogens is 264 g/mol. The zero-order chi connectivity index (χ0) is 15.1. The Morgan fingerprint density at radius 3 is 2.19 bits per heavy atom. The lowest BCUT2D eigenvalue weighted by atomic mass is 10.0. The fourth-order valence-electron chi connectivity index (χ4n) is 2.73. The number of nitrogens with zero attached hydrogens (tertiary/aromatic N) is 1. The number of hydrogen-bond donors (Lipinski definition) is 1. The minimum atomic E-state index is -0.304. The average Bonchev–Trinajstić information content (AvgIpc) is 3.00. The number of nitrogens with one attached hydrogen (secondary N) is 1. The topological polar surface area (TPSA) is 33.7 Å². The molecule has 114 valence electrons. The van der Waals surface area contributed by atoms with E-state index in [1.165, 1.54) is 5.69 Å². The summed E-state index contributed by atoms with van der Waals surface area (Å²) in [4.78, 5) is 2.36. The summed E-state index contributed by atoms with van der Waals surface area (Å²) in [5, 5.41) is 2.85. The van der Waals surface area contributed by atoms with E-state index in [2.05, 4.69) is 28.4 Å². The summed E-state index contributed by atoms with van der Waals surface area (Å²) in [5.74, 6) is -0.304. The summed E-state index contributed by atoms with van der Waals surface area (Å²) >= 11 is 0. The van der Waals surface area contributed by atoms with Crippen LogP contribution in [0.3, 0.4) is 0 Å². The zero-order valence-electron chi connectivity index (χ0n) is 12.9. The Morgan fingerprint density at radius 1 is 1.10 bits per heavy atom. The van der Waals surface area contributed by atoms with Gasteiger partial charge >= 0.3 is 0 Å². The molecule has 2 saturated heterocycles. The second-order valence-corrected chi connectivity index (χ2v) is 4.91. The molecule has 2 fully saturated rings. The van der Waals surface area contributed by atoms with Crippen molar-refractivity contribution in [2.45, 2.75) is 32.5 Å². The summed E-state index contributed by atoms with van der Waals surface area (Å²) in [6.07, 6.45) is 7.06. The third-order valence-corrected chi connectivity index (χ3v) is 3.79. The lowest BCUT2D eigenvalue weighted by Gasteiger charge is -2.38. The molecule has 1 spiro atoms. The van der Waals surface area contributed by atoms with Gasteiger partial charge in [-0.1, -0.05) is 20.3 Å². The van der Waals surface area contributed by atoms with Gasteiger partial charge in [-0.05, 0) is 24.3 Å². The molecule has 2 aliphatic rings. The molecule has 0 atom stereocenters. The Labute approximate surface area is 127 Å². The molecule has 0 aromatic heterocycles. The fourth-order valence-corrected chi connectivity index (χ4v) is 2.73. The van der Waals surface area contributed by atoms with E-state index in [9.17, 15) is 0 Å². The first-order valence-electron chi connectivity index (χ1n) is 7.66. The van der Waals surface area contributed by atoms with E-state index in [-0.39, 0.29) is 5.79 Å². The van der Waals surface area contributed by atoms with Crippen molar-refractivity contribution in [3.05, 3.63) is 24.3 Å². The van der Waals surface area contributed by atoms with Crippen molar-refractivity contribution >= 4 is 11.4 Å². The van der Waals surface area contributed by atoms with Crippen LogP contribution < -0.4 is 10.2 Å². The first-order chi connectivity index (χ1) is 10.3. The van der Waals surface area contributed by atoms with E-state index in [0.717, 1.165) is 44.8 Å². The van der Waals surface area contributed by atoms with Crippen LogP contribution in [0.4, 0.5) is 11.4 Å². The molecule has 4 heteroatoms. The lowest BCUT2D eigenvalue weighted by Crippen LogP contribution is -2.45. The second kappa shape index (κ2) is 7.35. The minimum absolute atomic E-state index is 0.304. The number of rotatable bonds is 2. The highest BCUT2D eigenvalue weighted by molar-refractivity contribution is 5.56. The van der Waals surface area contributed by atoms with Crippen LogP contribution in [0.15, 0.2) is 24.3 Å². The zero-order valence-corrected chi connectivity index (χ0v) is 12.9. The van der Waals surface area contributed by atoms with Gasteiger partial charge in [0.25, 0.3) is 0 Å². The molecule has 1 aromatic rings. The van der Waals surface area contributed by atoms with Gasteiger partial charge in [0.05, 0.1) is 13.2 Å². The largest absolute Gasteiger partial charge is 0.371 e. The minimum Gasteiger partial charge on any atom is -0.371 e. The van der Waals surface area contributed by atoms with E-state index in [0.29, 0.717) is 0 Å². The van der Waals surface area contributed by atoms with Crippen molar-refractivity contribution in [2.24, 2.45) is 0 Å². The SMILES string of the molecule is C#CNc1ccc(N2CCC3(CC2)OCCO3)cc1.CC. The van der Waals surface area contributed by atoms with Gasteiger partial charge in [0.2, 0.25) is 0 Å². The number of benzene rings is 1. The lowest BCUT2D eigenvalue weighted by molar-refractivity contribution is -0.169. The molecule has 4 nitrogen and oxygen atoms in total. The van der Waals surface area contributed by atoms with Crippen LogP contribution in [-0.2, 0) is 9.47 Å². The van der Waals surface area contributed by atoms with Crippen LogP contribution in [0.1, 0.15) is 26.7 Å². The van der Waals surface area contributed by atoms with Gasteiger partial charge in [-0.15, -0.1) is 0 Å². The number of ether oxygens (including phenoxy) is 2. The number of terminal acetylenes is 1. The molecule has 0 saturated carbocycles. The third-order valence-electron chi connectivity index (χ3n) is 3.79. The van der Waals surface area contributed by atoms with Gasteiger partial charge in [0.15, 0.2) is 5.79 Å². The predicted octanol–water partition coefficient (Wildman–Crippen LogP) is 3.06. The molecule has 1 N–H and O–H groups in total. The highest BCUT2D eigenvalue weighted by Gasteiger charge is 2.39. The predicted molar refractivity (Wildman–Crippen MR) is 86.3 cm³/mol. The first-order valence-corrected chi connectivity index (χ1v) is 7.66. The van der Waals surface area contributed by atoms with Gasteiger partial charge in [-0.3, -0.25) is 0 Å². The summed E-state index contributed by atoms with van der Waals surface area (Å²) in [6.45, 7) is 7.38. The normalized spacial score (nSPS) is 19.6. The Kier molecular flexibility index (Phi) is 5.49. The highest BCUT2D eigenvalue weighted by atomic mass is 16.7. The molecule has 2 aliphatic heterocycles. The van der Waals surface area contributed by atoms with Gasteiger partial charge < -0.3 is 19.7 Å². The van der Waals surface area contributed by atoms with Crippen molar-refractivity contribution in [1.82, 2.24) is 0 Å². The molecule has 0 unspecified atom stereocenters. The van der Waals surface area contributed by atoms with Crippen LogP contribution in [-0.4, -0.2) is 32.1 Å². The molecule has 21 heavy (non-hydrogen) atoms. The van der Waals surface area contributed by atoms with E-state index < -0.39 is 0 Å². The quantitative estimate of drug-likeness (QED) is 0.670. The maximum absolute atomic E-state index is 5.74. The molecule has 0 radical (unpaired) electrons. The van der Waals surface area contributed by atoms with E-state index >= 15 is 0 Å². The van der Waals surface area contributed by atoms with Gasteiger partial charge in [0, 0.05) is 43.4 Å². The van der Waals surface area contributed by atoms with Gasteiger partial charge in [0.1, 0.15) is 0 Å². The van der Waals surface area contributed by atoms with Crippen LogP contribution in [0.25, 0.3) is 0 Å². The van der Waals surface area contributed by atoms with Crippen molar-refractivity contribution in [1.29, 1.82) is 0 Å². The number of anilines is 2. The monoisotopic (exact) mass is 288 g/mol. The van der Waals surface area contributed by atoms with Crippen molar-refractivity contribution in [2.75, 3.05) is 36.5 Å². The van der Waals surface area contributed by atoms with Crippen LogP contribution in [0, 0.1) is 12.5 Å². The summed E-state index contributed by atoms with van der Waals surface area (Å²) < 4.78 is 11.5. The first kappa shape index (κ1) is 15.7. The Hall–Kier alpha value is -1.70. The standard InChI is InChI=1S/C15H18N2O2.C2H6/c1-2-16-13-3-5-14(6-4-13)17-9-7-15(8-10-17)18-11-12-19-15;1-2/h1,3-6,16H,7-12H2;1-2H3. The average molecular weight is 288 g/mol. The third kappa shape index (κ3) is 3.69. The fraction of sp³-hybridized carbons (Fsp3) is 0.529. The van der Waals surface area contributed by atoms with Crippen LogP contribution in [0.2, 0.25) is 0 Å².